The van der Waals surface area contributed by atoms with E-state index in [1.165, 1.54) is 0 Å². The number of rotatable bonds is 6. The number of hydrogen-bond acceptors (Lipinski definition) is 3. The summed E-state index contributed by atoms with van der Waals surface area (Å²) in [7, 11) is 0. The van der Waals surface area contributed by atoms with Crippen LogP contribution in [-0.2, 0) is 0 Å². The molecule has 100 valence electrons. The van der Waals surface area contributed by atoms with Crippen molar-refractivity contribution < 1.29 is 4.74 Å². The molecule has 0 aliphatic rings. The lowest BCUT2D eigenvalue weighted by Crippen LogP contribution is -2.18. The van der Waals surface area contributed by atoms with E-state index in [4.69, 9.17) is 4.74 Å². The first-order valence-corrected chi connectivity index (χ1v) is 6.57. The lowest BCUT2D eigenvalue weighted by atomic mass is 10.2. The molecule has 0 fully saturated rings. The van der Waals surface area contributed by atoms with Gasteiger partial charge in [-0.15, -0.1) is 0 Å². The second kappa shape index (κ2) is 6.34. The number of para-hydroxylation sites is 1. The molecule has 0 amide bonds. The fourth-order valence-corrected chi connectivity index (χ4v) is 1.87. The number of aromatic nitrogens is 1. The molecule has 1 aromatic heterocycles. The standard InChI is InChI=1S/C16H20N2O/c1-4-17-10-12(2)11-19-15-7-5-6-14-9-8-13(3)18-16(14)15/h5-9,17H,2,4,10-11H2,1,3H3. The topological polar surface area (TPSA) is 34.1 Å². The van der Waals surface area contributed by atoms with Gasteiger partial charge in [0.15, 0.2) is 0 Å². The van der Waals surface area contributed by atoms with Crippen molar-refractivity contribution in [3.63, 3.8) is 0 Å². The minimum Gasteiger partial charge on any atom is -0.487 e. The van der Waals surface area contributed by atoms with Crippen molar-refractivity contribution in [1.29, 1.82) is 0 Å². The molecular formula is C16H20N2O. The number of nitrogens with one attached hydrogen (secondary N) is 1. The molecule has 0 saturated carbocycles. The van der Waals surface area contributed by atoms with E-state index >= 15 is 0 Å². The molecule has 0 aliphatic heterocycles. The van der Waals surface area contributed by atoms with E-state index < -0.39 is 0 Å². The van der Waals surface area contributed by atoms with Gasteiger partial charge in [-0.3, -0.25) is 0 Å². The van der Waals surface area contributed by atoms with Crippen LogP contribution in [0, 0.1) is 6.92 Å². The van der Waals surface area contributed by atoms with E-state index in [9.17, 15) is 0 Å². The molecule has 19 heavy (non-hydrogen) atoms. The van der Waals surface area contributed by atoms with Crippen LogP contribution in [0.5, 0.6) is 5.75 Å². The molecule has 0 radical (unpaired) electrons. The van der Waals surface area contributed by atoms with Gasteiger partial charge in [0.25, 0.3) is 0 Å². The van der Waals surface area contributed by atoms with Gasteiger partial charge in [0.2, 0.25) is 0 Å². The van der Waals surface area contributed by atoms with Crippen LogP contribution >= 0.6 is 0 Å². The maximum atomic E-state index is 5.83. The Hall–Kier alpha value is -1.87. The Morgan fingerprint density at radius 3 is 2.95 bits per heavy atom. The molecule has 1 aromatic carbocycles. The smallest absolute Gasteiger partial charge is 0.146 e. The Balaban J connectivity index is 2.12. The number of benzene rings is 1. The molecule has 0 saturated heterocycles. The maximum absolute atomic E-state index is 5.83. The van der Waals surface area contributed by atoms with E-state index in [0.29, 0.717) is 6.61 Å². The van der Waals surface area contributed by atoms with Gasteiger partial charge in [-0.25, -0.2) is 4.98 Å². The Kier molecular flexibility index (Phi) is 4.53. The largest absolute Gasteiger partial charge is 0.487 e. The van der Waals surface area contributed by atoms with E-state index in [-0.39, 0.29) is 0 Å². The summed E-state index contributed by atoms with van der Waals surface area (Å²) in [6.45, 7) is 10.3. The van der Waals surface area contributed by atoms with Crippen LogP contribution in [0.25, 0.3) is 10.9 Å². The Morgan fingerprint density at radius 1 is 1.32 bits per heavy atom. The van der Waals surface area contributed by atoms with Gasteiger partial charge in [-0.2, -0.15) is 0 Å². The van der Waals surface area contributed by atoms with Crippen LogP contribution in [0.3, 0.4) is 0 Å². The minimum atomic E-state index is 0.516. The lowest BCUT2D eigenvalue weighted by molar-refractivity contribution is 0.352. The summed E-state index contributed by atoms with van der Waals surface area (Å²) in [5, 5.41) is 4.33. The average molecular weight is 256 g/mol. The van der Waals surface area contributed by atoms with Gasteiger partial charge >= 0.3 is 0 Å². The fraction of sp³-hybridized carbons (Fsp3) is 0.312. The van der Waals surface area contributed by atoms with Gasteiger partial charge in [-0.05, 0) is 31.2 Å². The number of ether oxygens (including phenoxy) is 1. The summed E-state index contributed by atoms with van der Waals surface area (Å²) in [5.41, 5.74) is 2.94. The molecule has 1 heterocycles. The zero-order valence-electron chi connectivity index (χ0n) is 11.6. The second-order valence-corrected chi connectivity index (χ2v) is 4.60. The number of pyridine rings is 1. The molecule has 2 rings (SSSR count). The summed E-state index contributed by atoms with van der Waals surface area (Å²) >= 11 is 0. The van der Waals surface area contributed by atoms with Crippen LogP contribution in [0.2, 0.25) is 0 Å². The molecule has 0 spiro atoms. The summed E-state index contributed by atoms with van der Waals surface area (Å²) in [4.78, 5) is 4.55. The highest BCUT2D eigenvalue weighted by Crippen LogP contribution is 2.24. The SMILES string of the molecule is C=C(CNCC)COc1cccc2ccc(C)nc12. The molecule has 0 unspecified atom stereocenters. The molecule has 0 atom stereocenters. The molecular weight excluding hydrogens is 236 g/mol. The first kappa shape index (κ1) is 13.6. The van der Waals surface area contributed by atoms with Crippen LogP contribution < -0.4 is 10.1 Å². The zero-order chi connectivity index (χ0) is 13.7. The van der Waals surface area contributed by atoms with Crippen LogP contribution in [0.4, 0.5) is 0 Å². The van der Waals surface area contributed by atoms with Crippen molar-refractivity contribution in [2.75, 3.05) is 19.7 Å². The maximum Gasteiger partial charge on any atom is 0.146 e. The number of fused-ring (bicyclic) bond motifs is 1. The summed E-state index contributed by atoms with van der Waals surface area (Å²) < 4.78 is 5.83. The van der Waals surface area contributed by atoms with Crippen molar-refractivity contribution in [1.82, 2.24) is 10.3 Å². The van der Waals surface area contributed by atoms with Crippen molar-refractivity contribution in [2.45, 2.75) is 13.8 Å². The predicted molar refractivity (Wildman–Crippen MR) is 79.7 cm³/mol. The Labute approximate surface area is 114 Å². The molecule has 3 heteroatoms. The fourth-order valence-electron chi connectivity index (χ4n) is 1.87. The van der Waals surface area contributed by atoms with Crippen LogP contribution in [0.15, 0.2) is 42.5 Å². The van der Waals surface area contributed by atoms with Crippen molar-refractivity contribution in [3.05, 3.63) is 48.2 Å². The third-order valence-electron chi connectivity index (χ3n) is 2.88. The van der Waals surface area contributed by atoms with Gasteiger partial charge in [0.1, 0.15) is 17.9 Å². The lowest BCUT2D eigenvalue weighted by Gasteiger charge is -2.11. The van der Waals surface area contributed by atoms with E-state index in [1.54, 1.807) is 0 Å². The van der Waals surface area contributed by atoms with Crippen LogP contribution in [-0.4, -0.2) is 24.7 Å². The zero-order valence-corrected chi connectivity index (χ0v) is 11.6. The highest BCUT2D eigenvalue weighted by Gasteiger charge is 2.04. The highest BCUT2D eigenvalue weighted by atomic mass is 16.5. The van der Waals surface area contributed by atoms with E-state index in [2.05, 4.69) is 29.9 Å². The van der Waals surface area contributed by atoms with Crippen molar-refractivity contribution >= 4 is 10.9 Å². The van der Waals surface area contributed by atoms with Crippen LogP contribution in [0.1, 0.15) is 12.6 Å². The number of nitrogens with zero attached hydrogens (tertiary/aromatic N) is 1. The predicted octanol–water partition coefficient (Wildman–Crippen LogP) is 3.09. The number of aryl methyl sites for hydroxylation is 1. The normalized spacial score (nSPS) is 10.6. The average Bonchev–Trinajstić information content (AvgIpc) is 2.42. The van der Waals surface area contributed by atoms with Gasteiger partial charge in [0, 0.05) is 17.6 Å². The van der Waals surface area contributed by atoms with Crippen molar-refractivity contribution in [2.24, 2.45) is 0 Å². The summed E-state index contributed by atoms with van der Waals surface area (Å²) in [5.74, 6) is 0.818. The molecule has 0 aliphatic carbocycles. The molecule has 3 nitrogen and oxygen atoms in total. The van der Waals surface area contributed by atoms with E-state index in [1.807, 2.05) is 31.2 Å². The molecule has 1 N–H and O–H groups in total. The van der Waals surface area contributed by atoms with E-state index in [0.717, 1.165) is 41.0 Å². The summed E-state index contributed by atoms with van der Waals surface area (Å²) in [6.07, 6.45) is 0. The summed E-state index contributed by atoms with van der Waals surface area (Å²) in [6, 6.07) is 10.1. The monoisotopic (exact) mass is 256 g/mol. The van der Waals surface area contributed by atoms with Gasteiger partial charge in [0.05, 0.1) is 0 Å². The molecule has 0 bridgehead atoms. The Bertz CT molecular complexity index is 578. The molecule has 2 aromatic rings. The van der Waals surface area contributed by atoms with Gasteiger partial charge in [-0.1, -0.05) is 31.7 Å². The minimum absolute atomic E-state index is 0.516. The second-order valence-electron chi connectivity index (χ2n) is 4.60. The first-order chi connectivity index (χ1) is 9.20. The highest BCUT2D eigenvalue weighted by molar-refractivity contribution is 5.84. The number of hydrogen-bond donors (Lipinski definition) is 1. The van der Waals surface area contributed by atoms with Crippen molar-refractivity contribution in [3.8, 4) is 5.75 Å². The third-order valence-corrected chi connectivity index (χ3v) is 2.88. The first-order valence-electron chi connectivity index (χ1n) is 6.57. The quantitative estimate of drug-likeness (QED) is 0.806. The Morgan fingerprint density at radius 2 is 2.16 bits per heavy atom. The third kappa shape index (κ3) is 3.55. The van der Waals surface area contributed by atoms with Gasteiger partial charge < -0.3 is 10.1 Å². The number of likely N-dealkylation sites (N-methyl/N-ethyl adjacent to an activating group) is 1.